The van der Waals surface area contributed by atoms with Gasteiger partial charge in [0.15, 0.2) is 0 Å². The lowest BCUT2D eigenvalue weighted by molar-refractivity contribution is 0.300. The van der Waals surface area contributed by atoms with Gasteiger partial charge in [-0.3, -0.25) is 0 Å². The van der Waals surface area contributed by atoms with Crippen LogP contribution in [0, 0.1) is 5.92 Å². The first kappa shape index (κ1) is 11.2. The van der Waals surface area contributed by atoms with Gasteiger partial charge in [-0.15, -0.1) is 12.4 Å². The molecule has 1 rings (SSSR count). The molecule has 1 aliphatic carbocycles. The fraction of sp³-hybridized carbons (Fsp3) is 1.00. The van der Waals surface area contributed by atoms with Crippen LogP contribution in [0.1, 0.15) is 45.4 Å². The molecule has 0 amide bonds. The van der Waals surface area contributed by atoms with Gasteiger partial charge in [0, 0.05) is 6.04 Å². The molecule has 0 aromatic heterocycles. The summed E-state index contributed by atoms with van der Waals surface area (Å²) in [6.45, 7) is 2.19. The Morgan fingerprint density at radius 3 is 2.27 bits per heavy atom. The maximum Gasteiger partial charge on any atom is 0.00645 e. The molecule has 0 aliphatic heterocycles. The van der Waals surface area contributed by atoms with Crippen LogP contribution in [0.5, 0.6) is 0 Å². The predicted octanol–water partition coefficient (Wildman–Crippen LogP) is 2.73. The molecule has 0 heterocycles. The standard InChI is InChI=1S/C9H19N.ClH/c1-2-9(10)8-6-4-3-5-7-8;/h8-9H,2-7,10H2,1H3;1H. The minimum atomic E-state index is 0. The van der Waals surface area contributed by atoms with E-state index in [0.717, 1.165) is 12.3 Å². The molecule has 1 unspecified atom stereocenters. The minimum Gasteiger partial charge on any atom is -0.327 e. The van der Waals surface area contributed by atoms with E-state index in [4.69, 9.17) is 5.73 Å². The van der Waals surface area contributed by atoms with Crippen molar-refractivity contribution in [1.29, 1.82) is 0 Å². The first-order valence-electron chi connectivity index (χ1n) is 4.60. The van der Waals surface area contributed by atoms with E-state index in [0.29, 0.717) is 6.04 Å². The Kier molecular flexibility index (Phi) is 5.98. The van der Waals surface area contributed by atoms with Crippen LogP contribution in [0.3, 0.4) is 0 Å². The van der Waals surface area contributed by atoms with Gasteiger partial charge in [-0.2, -0.15) is 0 Å². The quantitative estimate of drug-likeness (QED) is 0.690. The summed E-state index contributed by atoms with van der Waals surface area (Å²) in [5.41, 5.74) is 5.95. The monoisotopic (exact) mass is 177 g/mol. The molecule has 0 spiro atoms. The van der Waals surface area contributed by atoms with E-state index in [2.05, 4.69) is 6.92 Å². The van der Waals surface area contributed by atoms with Crippen LogP contribution in [0.4, 0.5) is 0 Å². The highest BCUT2D eigenvalue weighted by Gasteiger charge is 2.18. The van der Waals surface area contributed by atoms with Gasteiger partial charge in [0.2, 0.25) is 0 Å². The summed E-state index contributed by atoms with van der Waals surface area (Å²) in [6, 6.07) is 0.486. The molecule has 1 atom stereocenters. The summed E-state index contributed by atoms with van der Waals surface area (Å²) in [5.74, 6) is 0.846. The summed E-state index contributed by atoms with van der Waals surface area (Å²) in [4.78, 5) is 0. The molecule has 2 heteroatoms. The fourth-order valence-electron chi connectivity index (χ4n) is 1.90. The molecule has 1 aliphatic rings. The van der Waals surface area contributed by atoms with Crippen molar-refractivity contribution in [3.05, 3.63) is 0 Å². The summed E-state index contributed by atoms with van der Waals surface area (Å²) < 4.78 is 0. The molecule has 0 aromatic carbocycles. The Hall–Kier alpha value is 0.250. The first-order valence-corrected chi connectivity index (χ1v) is 4.60. The summed E-state index contributed by atoms with van der Waals surface area (Å²) in [6.07, 6.45) is 8.19. The molecule has 1 nitrogen and oxygen atoms in total. The lowest BCUT2D eigenvalue weighted by Crippen LogP contribution is -2.30. The molecule has 0 bridgehead atoms. The highest BCUT2D eigenvalue weighted by Crippen LogP contribution is 2.26. The summed E-state index contributed by atoms with van der Waals surface area (Å²) in [7, 11) is 0. The zero-order chi connectivity index (χ0) is 7.40. The highest BCUT2D eigenvalue weighted by atomic mass is 35.5. The largest absolute Gasteiger partial charge is 0.327 e. The first-order chi connectivity index (χ1) is 4.84. The molecule has 68 valence electrons. The molecule has 0 radical (unpaired) electrons. The highest BCUT2D eigenvalue weighted by molar-refractivity contribution is 5.85. The number of hydrogen-bond donors (Lipinski definition) is 1. The topological polar surface area (TPSA) is 26.0 Å². The van der Waals surface area contributed by atoms with E-state index in [1.807, 2.05) is 0 Å². The van der Waals surface area contributed by atoms with Gasteiger partial charge >= 0.3 is 0 Å². The molecular formula is C9H20ClN. The zero-order valence-corrected chi connectivity index (χ0v) is 8.20. The van der Waals surface area contributed by atoms with Crippen molar-refractivity contribution in [1.82, 2.24) is 0 Å². The van der Waals surface area contributed by atoms with Crippen molar-refractivity contribution in [2.75, 3.05) is 0 Å². The Balaban J connectivity index is 0.000001000. The molecule has 0 saturated heterocycles. The number of halogens is 1. The van der Waals surface area contributed by atoms with E-state index in [1.165, 1.54) is 32.1 Å². The van der Waals surface area contributed by atoms with Crippen LogP contribution in [-0.2, 0) is 0 Å². The van der Waals surface area contributed by atoms with Gasteiger partial charge in [0.05, 0.1) is 0 Å². The Labute approximate surface area is 76.1 Å². The third kappa shape index (κ3) is 3.44. The van der Waals surface area contributed by atoms with Crippen LogP contribution in [0.2, 0.25) is 0 Å². The van der Waals surface area contributed by atoms with Crippen molar-refractivity contribution >= 4 is 12.4 Å². The summed E-state index contributed by atoms with van der Waals surface area (Å²) >= 11 is 0. The Morgan fingerprint density at radius 2 is 1.82 bits per heavy atom. The number of nitrogens with two attached hydrogens (primary N) is 1. The van der Waals surface area contributed by atoms with E-state index >= 15 is 0 Å². The molecular weight excluding hydrogens is 158 g/mol. The van der Waals surface area contributed by atoms with E-state index in [9.17, 15) is 0 Å². The molecule has 1 fully saturated rings. The van der Waals surface area contributed by atoms with E-state index in [1.54, 1.807) is 0 Å². The lowest BCUT2D eigenvalue weighted by atomic mass is 9.83. The van der Waals surface area contributed by atoms with Crippen molar-refractivity contribution in [2.24, 2.45) is 11.7 Å². The van der Waals surface area contributed by atoms with Crippen LogP contribution >= 0.6 is 12.4 Å². The second kappa shape index (κ2) is 5.84. The normalized spacial score (nSPS) is 22.4. The molecule has 1 saturated carbocycles. The van der Waals surface area contributed by atoms with Gasteiger partial charge in [-0.25, -0.2) is 0 Å². The van der Waals surface area contributed by atoms with Crippen molar-refractivity contribution < 1.29 is 0 Å². The molecule has 2 N–H and O–H groups in total. The number of rotatable bonds is 2. The van der Waals surface area contributed by atoms with Gasteiger partial charge in [-0.05, 0) is 25.2 Å². The lowest BCUT2D eigenvalue weighted by Gasteiger charge is -2.26. The van der Waals surface area contributed by atoms with Gasteiger partial charge in [-0.1, -0.05) is 26.2 Å². The van der Waals surface area contributed by atoms with E-state index < -0.39 is 0 Å². The number of hydrogen-bond acceptors (Lipinski definition) is 1. The second-order valence-electron chi connectivity index (χ2n) is 3.47. The third-order valence-electron chi connectivity index (χ3n) is 2.73. The maximum atomic E-state index is 5.95. The van der Waals surface area contributed by atoms with Gasteiger partial charge < -0.3 is 5.73 Å². The van der Waals surface area contributed by atoms with Gasteiger partial charge in [0.1, 0.15) is 0 Å². The van der Waals surface area contributed by atoms with Crippen molar-refractivity contribution in [3.63, 3.8) is 0 Å². The third-order valence-corrected chi connectivity index (χ3v) is 2.73. The summed E-state index contributed by atoms with van der Waals surface area (Å²) in [5, 5.41) is 0. The minimum absolute atomic E-state index is 0. The molecule has 11 heavy (non-hydrogen) atoms. The Bertz CT molecular complexity index is 89.6. The maximum absolute atomic E-state index is 5.95. The smallest absolute Gasteiger partial charge is 0.00645 e. The average molecular weight is 178 g/mol. The van der Waals surface area contributed by atoms with Crippen LogP contribution in [-0.4, -0.2) is 6.04 Å². The molecule has 0 aromatic rings. The van der Waals surface area contributed by atoms with Crippen molar-refractivity contribution in [3.8, 4) is 0 Å². The predicted molar refractivity (Wildman–Crippen MR) is 52.1 cm³/mol. The van der Waals surface area contributed by atoms with Crippen LogP contribution in [0.15, 0.2) is 0 Å². The van der Waals surface area contributed by atoms with E-state index in [-0.39, 0.29) is 12.4 Å². The Morgan fingerprint density at radius 1 is 1.27 bits per heavy atom. The van der Waals surface area contributed by atoms with Gasteiger partial charge in [0.25, 0.3) is 0 Å². The fourth-order valence-corrected chi connectivity index (χ4v) is 1.90. The van der Waals surface area contributed by atoms with Crippen molar-refractivity contribution in [2.45, 2.75) is 51.5 Å². The average Bonchev–Trinajstić information content (AvgIpc) is 2.05. The SMILES string of the molecule is CCC(N)C1CCCCC1.Cl. The zero-order valence-electron chi connectivity index (χ0n) is 7.38. The van der Waals surface area contributed by atoms with Crippen LogP contribution < -0.4 is 5.73 Å². The second-order valence-corrected chi connectivity index (χ2v) is 3.47. The van der Waals surface area contributed by atoms with Crippen LogP contribution in [0.25, 0.3) is 0 Å².